The number of methoxy groups -OCH3 is 1. The first-order valence-corrected chi connectivity index (χ1v) is 10.3. The van der Waals surface area contributed by atoms with E-state index in [2.05, 4.69) is 17.2 Å². The number of H-pyrrole nitrogens is 1. The van der Waals surface area contributed by atoms with E-state index >= 15 is 0 Å². The average Bonchev–Trinajstić information content (AvgIpc) is 3.04. The predicted molar refractivity (Wildman–Crippen MR) is 110 cm³/mol. The average molecular weight is 384 g/mol. The van der Waals surface area contributed by atoms with E-state index in [0.29, 0.717) is 18.3 Å². The van der Waals surface area contributed by atoms with E-state index in [1.54, 1.807) is 18.4 Å². The maximum Gasteiger partial charge on any atom is 0.259 e. The molecule has 0 unspecified atom stereocenters. The highest BCUT2D eigenvalue weighted by Crippen LogP contribution is 2.35. The lowest BCUT2D eigenvalue weighted by Crippen LogP contribution is -2.23. The van der Waals surface area contributed by atoms with Gasteiger partial charge in [0.05, 0.1) is 18.5 Å². The molecule has 3 aromatic rings. The molecule has 0 amide bonds. The van der Waals surface area contributed by atoms with Gasteiger partial charge in [0.25, 0.3) is 5.56 Å². The van der Waals surface area contributed by atoms with Crippen molar-refractivity contribution in [2.45, 2.75) is 45.7 Å². The minimum Gasteiger partial charge on any atom is -0.497 e. The molecule has 0 saturated carbocycles. The van der Waals surface area contributed by atoms with Gasteiger partial charge >= 0.3 is 0 Å². The third-order valence-electron chi connectivity index (χ3n) is 5.37. The third-order valence-corrected chi connectivity index (χ3v) is 6.51. The summed E-state index contributed by atoms with van der Waals surface area (Å²) in [6.07, 6.45) is 3.21. The lowest BCUT2D eigenvalue weighted by atomic mass is 9.89. The van der Waals surface area contributed by atoms with Crippen molar-refractivity contribution in [3.63, 3.8) is 0 Å². The summed E-state index contributed by atoms with van der Waals surface area (Å²) in [6, 6.07) is 7.93. The van der Waals surface area contributed by atoms with Crippen LogP contribution in [0, 0.1) is 5.92 Å². The Bertz CT molecular complexity index is 1010. The predicted octanol–water partition coefficient (Wildman–Crippen LogP) is 3.97. The molecule has 142 valence electrons. The van der Waals surface area contributed by atoms with E-state index in [9.17, 15) is 4.79 Å². The third kappa shape index (κ3) is 3.64. The first-order valence-electron chi connectivity index (χ1n) is 9.46. The van der Waals surface area contributed by atoms with Gasteiger partial charge in [0.2, 0.25) is 0 Å². The minimum atomic E-state index is -0.0396. The molecule has 5 nitrogen and oxygen atoms in total. The Hall–Kier alpha value is -2.18. The molecule has 1 aliphatic rings. The number of thiophene rings is 1. The van der Waals surface area contributed by atoms with Crippen molar-refractivity contribution in [2.24, 2.45) is 5.92 Å². The monoisotopic (exact) mass is 383 g/mol. The fourth-order valence-corrected chi connectivity index (χ4v) is 5.07. The molecule has 0 bridgehead atoms. The van der Waals surface area contributed by atoms with Gasteiger partial charge in [0.1, 0.15) is 16.4 Å². The van der Waals surface area contributed by atoms with Crippen molar-refractivity contribution < 1.29 is 4.74 Å². The van der Waals surface area contributed by atoms with Crippen LogP contribution < -0.4 is 15.6 Å². The number of fused-ring (bicyclic) bond motifs is 3. The highest BCUT2D eigenvalue weighted by atomic mass is 32.1. The first-order chi connectivity index (χ1) is 13.0. The SMILES string of the molecule is COc1ccc(CN[C@H](C)c2nc3sc4c(c3c(=O)[nH]2)CC[C@@H](C)C4)cc1. The summed E-state index contributed by atoms with van der Waals surface area (Å²) >= 11 is 1.69. The second-order valence-electron chi connectivity index (χ2n) is 7.43. The van der Waals surface area contributed by atoms with E-state index in [0.717, 1.165) is 40.8 Å². The van der Waals surface area contributed by atoms with Crippen LogP contribution in [-0.2, 0) is 19.4 Å². The van der Waals surface area contributed by atoms with Gasteiger partial charge < -0.3 is 15.0 Å². The molecule has 1 aromatic carbocycles. The molecule has 0 aliphatic heterocycles. The van der Waals surface area contributed by atoms with Gasteiger partial charge in [0, 0.05) is 11.4 Å². The van der Waals surface area contributed by atoms with Crippen molar-refractivity contribution in [2.75, 3.05) is 7.11 Å². The fraction of sp³-hybridized carbons (Fsp3) is 0.429. The van der Waals surface area contributed by atoms with Crippen molar-refractivity contribution in [3.8, 4) is 5.75 Å². The zero-order valence-electron chi connectivity index (χ0n) is 16.0. The summed E-state index contributed by atoms with van der Waals surface area (Å²) in [5, 5.41) is 4.26. The summed E-state index contributed by atoms with van der Waals surface area (Å²) in [4.78, 5) is 22.8. The standard InChI is InChI=1S/C21H25N3O2S/c1-12-4-9-16-17(10-12)27-21-18(16)20(25)23-19(24-21)13(2)22-11-14-5-7-15(26-3)8-6-14/h5-8,12-13,22H,4,9-11H2,1-3H3,(H,23,24,25)/t12-,13-/m1/s1. The maximum absolute atomic E-state index is 12.7. The van der Waals surface area contributed by atoms with Crippen LogP contribution >= 0.6 is 11.3 Å². The molecular formula is C21H25N3O2S. The Balaban J connectivity index is 1.55. The van der Waals surface area contributed by atoms with Crippen molar-refractivity contribution in [1.29, 1.82) is 0 Å². The number of nitrogens with zero attached hydrogens (tertiary/aromatic N) is 1. The van der Waals surface area contributed by atoms with Crippen molar-refractivity contribution in [1.82, 2.24) is 15.3 Å². The van der Waals surface area contributed by atoms with Crippen LogP contribution in [0.15, 0.2) is 29.1 Å². The van der Waals surface area contributed by atoms with Crippen LogP contribution in [0.4, 0.5) is 0 Å². The van der Waals surface area contributed by atoms with Crippen LogP contribution in [0.1, 0.15) is 48.1 Å². The minimum absolute atomic E-state index is 0.000139. The summed E-state index contributed by atoms with van der Waals surface area (Å²) < 4.78 is 5.19. The Morgan fingerprint density at radius 3 is 2.89 bits per heavy atom. The summed E-state index contributed by atoms with van der Waals surface area (Å²) in [7, 11) is 1.66. The molecule has 0 fully saturated rings. The normalized spacial score (nSPS) is 17.7. The van der Waals surface area contributed by atoms with E-state index in [-0.39, 0.29) is 11.6 Å². The molecule has 0 radical (unpaired) electrons. The molecule has 6 heteroatoms. The fourth-order valence-electron chi connectivity index (χ4n) is 3.68. The topological polar surface area (TPSA) is 67.0 Å². The summed E-state index contributed by atoms with van der Waals surface area (Å²) in [6.45, 7) is 5.01. The number of hydrogen-bond donors (Lipinski definition) is 2. The van der Waals surface area contributed by atoms with Gasteiger partial charge in [-0.3, -0.25) is 4.79 Å². The lowest BCUT2D eigenvalue weighted by Gasteiger charge is -2.17. The van der Waals surface area contributed by atoms with Gasteiger partial charge in [-0.25, -0.2) is 4.98 Å². The van der Waals surface area contributed by atoms with E-state index in [4.69, 9.17) is 9.72 Å². The number of ether oxygens (including phenoxy) is 1. The zero-order chi connectivity index (χ0) is 19.0. The summed E-state index contributed by atoms with van der Waals surface area (Å²) in [5.41, 5.74) is 2.39. The Morgan fingerprint density at radius 2 is 2.15 bits per heavy atom. The highest BCUT2D eigenvalue weighted by molar-refractivity contribution is 7.18. The molecule has 2 atom stereocenters. The quantitative estimate of drug-likeness (QED) is 0.700. The second-order valence-corrected chi connectivity index (χ2v) is 8.52. The number of aromatic amines is 1. The molecule has 1 aliphatic carbocycles. The Labute approximate surface area is 162 Å². The van der Waals surface area contributed by atoms with Crippen LogP contribution in [0.3, 0.4) is 0 Å². The smallest absolute Gasteiger partial charge is 0.259 e. The van der Waals surface area contributed by atoms with Gasteiger partial charge in [-0.2, -0.15) is 0 Å². The van der Waals surface area contributed by atoms with E-state index in [1.165, 1.54) is 10.4 Å². The van der Waals surface area contributed by atoms with Gasteiger partial charge in [-0.1, -0.05) is 19.1 Å². The summed E-state index contributed by atoms with van der Waals surface area (Å²) in [5.74, 6) is 2.24. The van der Waals surface area contributed by atoms with Crippen LogP contribution in [0.25, 0.3) is 10.2 Å². The molecule has 2 N–H and O–H groups in total. The second kappa shape index (κ2) is 7.44. The first kappa shape index (κ1) is 18.2. The number of hydrogen-bond acceptors (Lipinski definition) is 5. The maximum atomic E-state index is 12.7. The molecule has 2 heterocycles. The zero-order valence-corrected chi connectivity index (χ0v) is 16.8. The highest BCUT2D eigenvalue weighted by Gasteiger charge is 2.23. The van der Waals surface area contributed by atoms with Gasteiger partial charge in [-0.05, 0) is 55.4 Å². The lowest BCUT2D eigenvalue weighted by molar-refractivity contribution is 0.414. The molecule has 27 heavy (non-hydrogen) atoms. The number of rotatable bonds is 5. The van der Waals surface area contributed by atoms with E-state index < -0.39 is 0 Å². The Kier molecular flexibility index (Phi) is 5.02. The molecular weight excluding hydrogens is 358 g/mol. The van der Waals surface area contributed by atoms with Gasteiger partial charge in [0.15, 0.2) is 0 Å². The molecule has 4 rings (SSSR count). The van der Waals surface area contributed by atoms with Crippen LogP contribution in [-0.4, -0.2) is 17.1 Å². The van der Waals surface area contributed by atoms with Crippen molar-refractivity contribution >= 4 is 21.6 Å². The van der Waals surface area contributed by atoms with Crippen LogP contribution in [0.5, 0.6) is 5.75 Å². The largest absolute Gasteiger partial charge is 0.497 e. The number of nitrogens with one attached hydrogen (secondary N) is 2. The van der Waals surface area contributed by atoms with Crippen LogP contribution in [0.2, 0.25) is 0 Å². The number of aromatic nitrogens is 2. The van der Waals surface area contributed by atoms with Gasteiger partial charge in [-0.15, -0.1) is 11.3 Å². The van der Waals surface area contributed by atoms with E-state index in [1.807, 2.05) is 31.2 Å². The molecule has 2 aromatic heterocycles. The number of benzene rings is 1. The molecule has 0 spiro atoms. The Morgan fingerprint density at radius 1 is 1.37 bits per heavy atom. The molecule has 0 saturated heterocycles. The number of aryl methyl sites for hydroxylation is 1. The van der Waals surface area contributed by atoms with Crippen molar-refractivity contribution in [3.05, 3.63) is 56.4 Å².